The van der Waals surface area contributed by atoms with E-state index in [4.69, 9.17) is 0 Å². The van der Waals surface area contributed by atoms with Crippen LogP contribution in [0.2, 0.25) is 0 Å². The van der Waals surface area contributed by atoms with Crippen molar-refractivity contribution in [1.82, 2.24) is 24.6 Å². The van der Waals surface area contributed by atoms with E-state index in [1.165, 1.54) is 6.33 Å². The maximum absolute atomic E-state index is 4.29. The van der Waals surface area contributed by atoms with Crippen LogP contribution in [0.15, 0.2) is 36.9 Å². The molecule has 18 heavy (non-hydrogen) atoms. The van der Waals surface area contributed by atoms with Gasteiger partial charge in [0, 0.05) is 30.7 Å². The van der Waals surface area contributed by atoms with Crippen LogP contribution in [0.25, 0.3) is 5.78 Å². The van der Waals surface area contributed by atoms with Crippen molar-refractivity contribution in [2.75, 3.05) is 5.32 Å². The number of rotatable bonds is 3. The van der Waals surface area contributed by atoms with Gasteiger partial charge in [0.2, 0.25) is 0 Å². The topological polar surface area (TPSA) is 68.0 Å². The zero-order chi connectivity index (χ0) is 12.4. The molecule has 3 rings (SSSR count). The van der Waals surface area contributed by atoms with E-state index in [1.54, 1.807) is 10.7 Å². The smallest absolute Gasteiger partial charge is 0.254 e. The molecule has 0 fully saturated rings. The van der Waals surface area contributed by atoms with E-state index in [2.05, 4.69) is 25.4 Å². The molecule has 0 aliphatic carbocycles. The van der Waals surface area contributed by atoms with Gasteiger partial charge in [0.1, 0.15) is 12.1 Å². The fourth-order valence-corrected chi connectivity index (χ4v) is 1.75. The van der Waals surface area contributed by atoms with E-state index in [0.717, 1.165) is 17.1 Å². The molecule has 1 N–H and O–H groups in total. The van der Waals surface area contributed by atoms with Crippen molar-refractivity contribution in [3.63, 3.8) is 0 Å². The molecule has 0 amide bonds. The number of fused-ring (bicyclic) bond motifs is 1. The van der Waals surface area contributed by atoms with Gasteiger partial charge in [0.05, 0.1) is 0 Å². The predicted octanol–water partition coefficient (Wildman–Crippen LogP) is 1.44. The van der Waals surface area contributed by atoms with Gasteiger partial charge in [-0.3, -0.25) is 4.98 Å². The van der Waals surface area contributed by atoms with Crippen LogP contribution in [0, 0.1) is 6.92 Å². The predicted molar refractivity (Wildman–Crippen MR) is 67.1 cm³/mol. The third-order valence-corrected chi connectivity index (χ3v) is 2.58. The Bertz CT molecular complexity index is 661. The van der Waals surface area contributed by atoms with Crippen LogP contribution in [-0.4, -0.2) is 24.6 Å². The Hall–Kier alpha value is -2.50. The van der Waals surface area contributed by atoms with E-state index in [1.807, 2.05) is 31.3 Å². The van der Waals surface area contributed by atoms with Crippen LogP contribution >= 0.6 is 0 Å². The lowest BCUT2D eigenvalue weighted by Crippen LogP contribution is -2.07. The van der Waals surface area contributed by atoms with Gasteiger partial charge in [-0.1, -0.05) is 6.07 Å². The first-order chi connectivity index (χ1) is 8.83. The van der Waals surface area contributed by atoms with Crippen molar-refractivity contribution in [1.29, 1.82) is 0 Å². The summed E-state index contributed by atoms with van der Waals surface area (Å²) in [5.41, 5.74) is 2.02. The minimum atomic E-state index is 0.601. The SMILES string of the molecule is Cc1cc(NCc2cccnc2)n2ncnc2n1. The summed E-state index contributed by atoms with van der Waals surface area (Å²) in [6.45, 7) is 2.62. The quantitative estimate of drug-likeness (QED) is 0.750. The van der Waals surface area contributed by atoms with Crippen molar-refractivity contribution in [3.05, 3.63) is 48.2 Å². The first-order valence-electron chi connectivity index (χ1n) is 5.63. The maximum atomic E-state index is 4.29. The third kappa shape index (κ3) is 2.00. The summed E-state index contributed by atoms with van der Waals surface area (Å²) < 4.78 is 1.68. The van der Waals surface area contributed by atoms with E-state index in [0.29, 0.717) is 12.3 Å². The molecule has 0 aliphatic rings. The highest BCUT2D eigenvalue weighted by atomic mass is 15.3. The van der Waals surface area contributed by atoms with Gasteiger partial charge < -0.3 is 5.32 Å². The summed E-state index contributed by atoms with van der Waals surface area (Å²) in [6.07, 6.45) is 5.09. The number of hydrogen-bond donors (Lipinski definition) is 1. The molecule has 0 atom stereocenters. The first-order valence-corrected chi connectivity index (χ1v) is 5.63. The maximum Gasteiger partial charge on any atom is 0.254 e. The Kier molecular flexibility index (Phi) is 2.60. The fraction of sp³-hybridized carbons (Fsp3) is 0.167. The number of nitrogens with one attached hydrogen (secondary N) is 1. The molecule has 3 aromatic heterocycles. The number of nitrogens with zero attached hydrogens (tertiary/aromatic N) is 5. The van der Waals surface area contributed by atoms with Gasteiger partial charge in [-0.05, 0) is 18.6 Å². The third-order valence-electron chi connectivity index (χ3n) is 2.58. The molecule has 90 valence electrons. The minimum Gasteiger partial charge on any atom is -0.366 e. The highest BCUT2D eigenvalue weighted by Crippen LogP contribution is 2.11. The number of anilines is 1. The van der Waals surface area contributed by atoms with Crippen molar-refractivity contribution in [2.24, 2.45) is 0 Å². The van der Waals surface area contributed by atoms with Gasteiger partial charge >= 0.3 is 0 Å². The van der Waals surface area contributed by atoms with Crippen molar-refractivity contribution < 1.29 is 0 Å². The van der Waals surface area contributed by atoms with Crippen LogP contribution in [0.3, 0.4) is 0 Å². The Labute approximate surface area is 104 Å². The average molecular weight is 240 g/mol. The zero-order valence-corrected chi connectivity index (χ0v) is 9.91. The summed E-state index contributed by atoms with van der Waals surface area (Å²) in [5.74, 6) is 1.47. The first kappa shape index (κ1) is 10.6. The molecular weight excluding hydrogens is 228 g/mol. The van der Waals surface area contributed by atoms with E-state index < -0.39 is 0 Å². The van der Waals surface area contributed by atoms with Crippen LogP contribution in [0.1, 0.15) is 11.3 Å². The van der Waals surface area contributed by atoms with Crippen molar-refractivity contribution in [2.45, 2.75) is 13.5 Å². The second-order valence-corrected chi connectivity index (χ2v) is 3.97. The Morgan fingerprint density at radius 1 is 1.39 bits per heavy atom. The molecule has 0 aromatic carbocycles. The van der Waals surface area contributed by atoms with Gasteiger partial charge in [-0.2, -0.15) is 14.6 Å². The normalized spacial score (nSPS) is 10.7. The van der Waals surface area contributed by atoms with Gasteiger partial charge in [0.15, 0.2) is 0 Å². The summed E-state index contributed by atoms with van der Waals surface area (Å²) in [7, 11) is 0. The lowest BCUT2D eigenvalue weighted by molar-refractivity contribution is 0.915. The molecule has 0 aliphatic heterocycles. The van der Waals surface area contributed by atoms with Crippen molar-refractivity contribution >= 4 is 11.6 Å². The molecule has 3 heterocycles. The van der Waals surface area contributed by atoms with E-state index in [9.17, 15) is 0 Å². The fourth-order valence-electron chi connectivity index (χ4n) is 1.75. The Balaban J connectivity index is 1.88. The highest BCUT2D eigenvalue weighted by molar-refractivity contribution is 5.44. The summed E-state index contributed by atoms with van der Waals surface area (Å²) in [4.78, 5) is 12.5. The number of hydrogen-bond acceptors (Lipinski definition) is 5. The number of aromatic nitrogens is 5. The second-order valence-electron chi connectivity index (χ2n) is 3.97. The second kappa shape index (κ2) is 4.40. The van der Waals surface area contributed by atoms with E-state index in [-0.39, 0.29) is 0 Å². The molecule has 0 spiro atoms. The van der Waals surface area contributed by atoms with Crippen LogP contribution in [0.4, 0.5) is 5.82 Å². The monoisotopic (exact) mass is 240 g/mol. The lowest BCUT2D eigenvalue weighted by Gasteiger charge is -2.08. The molecule has 0 bridgehead atoms. The molecule has 6 nitrogen and oxygen atoms in total. The molecule has 0 saturated carbocycles. The van der Waals surface area contributed by atoms with Crippen LogP contribution in [-0.2, 0) is 6.54 Å². The lowest BCUT2D eigenvalue weighted by atomic mass is 10.3. The molecule has 3 aromatic rings. The standard InChI is InChI=1S/C12H12N6/c1-9-5-11(18-12(17-9)15-8-16-18)14-7-10-3-2-4-13-6-10/h2-6,8,14H,7H2,1H3. The minimum absolute atomic E-state index is 0.601. The number of aryl methyl sites for hydroxylation is 1. The van der Waals surface area contributed by atoms with Gasteiger partial charge in [-0.15, -0.1) is 0 Å². The molecule has 6 heteroatoms. The summed E-state index contributed by atoms with van der Waals surface area (Å²) in [5, 5.41) is 7.45. The van der Waals surface area contributed by atoms with Crippen LogP contribution < -0.4 is 5.32 Å². The van der Waals surface area contributed by atoms with Crippen LogP contribution in [0.5, 0.6) is 0 Å². The van der Waals surface area contributed by atoms with Gasteiger partial charge in [-0.25, -0.2) is 4.98 Å². The van der Waals surface area contributed by atoms with Gasteiger partial charge in [0.25, 0.3) is 5.78 Å². The molecule has 0 saturated heterocycles. The zero-order valence-electron chi connectivity index (χ0n) is 9.91. The summed E-state index contributed by atoms with van der Waals surface area (Å²) >= 11 is 0. The highest BCUT2D eigenvalue weighted by Gasteiger charge is 2.04. The molecular formula is C12H12N6. The Morgan fingerprint density at radius 3 is 3.17 bits per heavy atom. The average Bonchev–Trinajstić information content (AvgIpc) is 2.85. The number of pyridine rings is 1. The summed E-state index contributed by atoms with van der Waals surface area (Å²) in [6, 6.07) is 5.88. The van der Waals surface area contributed by atoms with Crippen molar-refractivity contribution in [3.8, 4) is 0 Å². The Morgan fingerprint density at radius 2 is 2.33 bits per heavy atom. The van der Waals surface area contributed by atoms with E-state index >= 15 is 0 Å². The largest absolute Gasteiger partial charge is 0.366 e. The molecule has 0 unspecified atom stereocenters. The molecule has 0 radical (unpaired) electrons.